The van der Waals surface area contributed by atoms with Crippen LogP contribution >= 0.6 is 11.8 Å². The Morgan fingerprint density at radius 2 is 1.17 bits per heavy atom. The number of thioether (sulfide) groups is 1. The number of nitrogens with one attached hydrogen (secondary N) is 11. The van der Waals surface area contributed by atoms with E-state index in [9.17, 15) is 87.2 Å². The molecule has 1 saturated heterocycles. The maximum Gasteiger partial charge on any atom is 0.303 e. The number of carboxylic acids is 2. The van der Waals surface area contributed by atoms with Crippen LogP contribution in [0.5, 0.6) is 5.75 Å². The maximum atomic E-state index is 14.4. The van der Waals surface area contributed by atoms with E-state index in [4.69, 9.17) is 10.8 Å². The van der Waals surface area contributed by atoms with Crippen molar-refractivity contribution in [3.8, 4) is 5.75 Å². The number of phenols is 1. The van der Waals surface area contributed by atoms with Gasteiger partial charge in [0.25, 0.3) is 5.91 Å². The normalized spacial score (nSPS) is 15.7. The van der Waals surface area contributed by atoms with E-state index < -0.39 is 193 Å². The van der Waals surface area contributed by atoms with Crippen molar-refractivity contribution in [3.05, 3.63) is 48.0 Å². The minimum Gasteiger partial charge on any atom is -0.508 e. The number of carboxylic acid groups (broad SMARTS) is 2. The van der Waals surface area contributed by atoms with Crippen LogP contribution in [0.2, 0.25) is 0 Å². The zero-order valence-electron chi connectivity index (χ0n) is 52.3. The van der Waals surface area contributed by atoms with E-state index in [1.54, 1.807) is 40.9 Å². The van der Waals surface area contributed by atoms with Crippen LogP contribution < -0.4 is 58.9 Å². The first-order chi connectivity index (χ1) is 43.4. The van der Waals surface area contributed by atoms with E-state index >= 15 is 0 Å². The van der Waals surface area contributed by atoms with Gasteiger partial charge in [0.15, 0.2) is 0 Å². The fourth-order valence-corrected chi connectivity index (χ4v) is 10.00. The Labute approximate surface area is 534 Å². The largest absolute Gasteiger partial charge is 0.508 e. The van der Waals surface area contributed by atoms with Gasteiger partial charge in [-0.25, -0.2) is 4.98 Å². The number of benzene rings is 1. The summed E-state index contributed by atoms with van der Waals surface area (Å²) in [6.45, 7) is 7.39. The predicted molar refractivity (Wildman–Crippen MR) is 328 cm³/mol. The topological polar surface area (TPSA) is 515 Å². The molecule has 508 valence electrons. The van der Waals surface area contributed by atoms with Crippen molar-refractivity contribution >= 4 is 100 Å². The van der Waals surface area contributed by atoms with Crippen molar-refractivity contribution in [3.63, 3.8) is 0 Å². The Morgan fingerprint density at radius 3 is 1.68 bits per heavy atom. The number of aliphatic hydroxyl groups excluding tert-OH is 1. The van der Waals surface area contributed by atoms with Crippen molar-refractivity contribution in [1.82, 2.24) is 68.0 Å². The number of rotatable bonds is 40. The van der Waals surface area contributed by atoms with Gasteiger partial charge in [-0.2, -0.15) is 11.8 Å². The van der Waals surface area contributed by atoms with Crippen molar-refractivity contribution < 1.29 is 92.3 Å². The zero-order chi connectivity index (χ0) is 68.9. The first kappa shape index (κ1) is 77.0. The number of Topliss-reactive ketones (excluding diaryl/α,β-unsaturated/α-hetero) is 1. The van der Waals surface area contributed by atoms with Crippen LogP contribution in [0.15, 0.2) is 36.8 Å². The lowest BCUT2D eigenvalue weighted by atomic mass is 9.98. The molecule has 0 radical (unpaired) electrons. The fourth-order valence-electron chi connectivity index (χ4n) is 9.53. The highest BCUT2D eigenvalue weighted by Crippen LogP contribution is 2.22. The van der Waals surface area contributed by atoms with E-state index in [-0.39, 0.29) is 57.2 Å². The number of primary amides is 1. The molecule has 12 amide bonds. The Morgan fingerprint density at radius 1 is 0.652 bits per heavy atom. The van der Waals surface area contributed by atoms with Gasteiger partial charge >= 0.3 is 11.9 Å². The molecule has 0 saturated carbocycles. The molecule has 1 fully saturated rings. The number of H-pyrrole nitrogens is 1. The first-order valence-corrected chi connectivity index (χ1v) is 31.2. The van der Waals surface area contributed by atoms with Crippen LogP contribution in [0.4, 0.5) is 0 Å². The smallest absolute Gasteiger partial charge is 0.303 e. The zero-order valence-corrected chi connectivity index (χ0v) is 53.1. The van der Waals surface area contributed by atoms with Crippen LogP contribution in [0, 0.1) is 11.8 Å². The number of amides is 12. The number of aliphatic hydroxyl groups is 1. The number of imidazole rings is 1. The molecule has 1 aromatic heterocycles. The molecule has 1 aromatic carbocycles. The number of carbonyl (C=O) groups is 15. The fraction of sp³-hybridized carbons (Fsp3) is 0.586. The van der Waals surface area contributed by atoms with E-state index in [2.05, 4.69) is 63.1 Å². The molecule has 10 atom stereocenters. The van der Waals surface area contributed by atoms with E-state index in [1.807, 2.05) is 0 Å². The summed E-state index contributed by atoms with van der Waals surface area (Å²) in [6.07, 6.45) is 2.55. The molecule has 0 aliphatic carbocycles. The van der Waals surface area contributed by atoms with E-state index in [0.29, 0.717) is 23.4 Å². The highest BCUT2D eigenvalue weighted by atomic mass is 32.2. The number of aromatic nitrogens is 2. The highest BCUT2D eigenvalue weighted by Gasteiger charge is 2.42. The third kappa shape index (κ3) is 25.6. The van der Waals surface area contributed by atoms with E-state index in [0.717, 1.165) is 6.92 Å². The van der Waals surface area contributed by atoms with Crippen LogP contribution in [0.3, 0.4) is 0 Å². The number of aromatic amines is 1. The number of hydrogen-bond acceptors (Lipinski definition) is 19. The maximum absolute atomic E-state index is 14.4. The third-order valence-electron chi connectivity index (χ3n) is 14.5. The second kappa shape index (κ2) is 38.5. The molecule has 34 heteroatoms. The summed E-state index contributed by atoms with van der Waals surface area (Å²) < 4.78 is 0. The standard InChI is InChI=1S/C58H86N14O19S/c1-8-10-35(65-55(88)42-11-9-21-72(42)58(91)47(30(4)5)71-56(89)46(29(2)3)70-52(85)37(17-19-45(79)80)66-50(83)36(63-31(6)74)16-18-44(77)78)48(81)57(90)61-26-43(76)64-38(20-22-92-7)51(84)68-40(24-33-25-60-28-62-33)54(87)67-39(23-32-12-14-34(75)15-13-32)53(86)69-41(27-73)49(59)82/h12-15,25,28-30,35-42,46-47,73,75H,8-11,16-24,26-27H2,1-7H3,(H2,59,82)(H,60,62)(H,61,90)(H,63,74)(H,64,76)(H,65,88)(H,66,83)(H,67,87)(H,68,84)(H,69,86)(H,70,85)(H,71,89)(H,77,78)(H,79,80)/t35-,36-,37-,38-,39-,40+,41+,42?,46-,47-/m0/s1. The number of aliphatic carboxylic acids is 2. The summed E-state index contributed by atoms with van der Waals surface area (Å²) >= 11 is 1.31. The minimum atomic E-state index is -1.59. The molecular formula is C58H86N14O19S. The second-order valence-corrected chi connectivity index (χ2v) is 23.5. The number of likely N-dealkylation sites (tertiary alicyclic amines) is 1. The SMILES string of the molecule is CCC[C@H](NC(=O)C1CCCN1C(=O)[C@@H](NC(=O)[C@@H](NC(=O)[C@H](CCC(=O)O)NC(=O)[C@H](CCC(=O)O)NC(C)=O)C(C)C)C(C)C)C(=O)C(=O)NCC(=O)N[C@@H](CCSC)C(=O)N[C@H](Cc1cnc[nH]1)C(=O)N[C@@H](Cc1ccc(O)cc1)C(=O)N[C@H](CO)C(N)=O. The summed E-state index contributed by atoms with van der Waals surface area (Å²) in [6, 6.07) is -8.55. The lowest BCUT2D eigenvalue weighted by molar-refractivity contribution is -0.144. The summed E-state index contributed by atoms with van der Waals surface area (Å²) in [4.78, 5) is 206. The third-order valence-corrected chi connectivity index (χ3v) is 15.2. The van der Waals surface area contributed by atoms with Crippen LogP contribution in [-0.4, -0.2) is 216 Å². The van der Waals surface area contributed by atoms with Gasteiger partial charge in [-0.05, 0) is 80.1 Å². The minimum absolute atomic E-state index is 0.0111. The average Bonchev–Trinajstić information content (AvgIpc) is 1.61. The van der Waals surface area contributed by atoms with Crippen molar-refractivity contribution in [2.75, 3.05) is 31.7 Å². The van der Waals surface area contributed by atoms with Crippen LogP contribution in [0.1, 0.15) is 111 Å². The predicted octanol–water partition coefficient (Wildman–Crippen LogP) is -3.97. The number of nitrogens with two attached hydrogens (primary N) is 1. The van der Waals surface area contributed by atoms with Gasteiger partial charge in [-0.3, -0.25) is 71.9 Å². The molecule has 1 aliphatic rings. The number of aromatic hydroxyl groups is 1. The molecule has 17 N–H and O–H groups in total. The van der Waals surface area contributed by atoms with Gasteiger partial charge in [0, 0.05) is 51.0 Å². The lowest BCUT2D eigenvalue weighted by Gasteiger charge is -2.33. The van der Waals surface area contributed by atoms with Gasteiger partial charge in [0.05, 0.1) is 25.5 Å². The molecule has 0 spiro atoms. The first-order valence-electron chi connectivity index (χ1n) is 29.8. The molecule has 1 unspecified atom stereocenters. The molecule has 92 heavy (non-hydrogen) atoms. The van der Waals surface area contributed by atoms with Crippen molar-refractivity contribution in [1.29, 1.82) is 0 Å². The summed E-state index contributed by atoms with van der Waals surface area (Å²) in [7, 11) is 0. The quantitative estimate of drug-likeness (QED) is 0.0283. The molecule has 2 heterocycles. The van der Waals surface area contributed by atoms with Gasteiger partial charge in [-0.15, -0.1) is 0 Å². The lowest BCUT2D eigenvalue weighted by Crippen LogP contribution is -2.61. The Balaban J connectivity index is 1.75. The number of nitrogens with zero attached hydrogens (tertiary/aromatic N) is 2. The average molecular weight is 1320 g/mol. The van der Waals surface area contributed by atoms with Gasteiger partial charge in [0.1, 0.15) is 60.1 Å². The summed E-state index contributed by atoms with van der Waals surface area (Å²) in [5.74, 6) is -16.0. The highest BCUT2D eigenvalue weighted by molar-refractivity contribution is 7.98. The Kier molecular flexibility index (Phi) is 32.2. The van der Waals surface area contributed by atoms with Crippen molar-refractivity contribution in [2.45, 2.75) is 173 Å². The van der Waals surface area contributed by atoms with Gasteiger partial charge < -0.3 is 89.2 Å². The summed E-state index contributed by atoms with van der Waals surface area (Å²) in [5, 5.41) is 62.6. The van der Waals surface area contributed by atoms with E-state index in [1.165, 1.54) is 53.5 Å². The Hall–Kier alpha value is -9.21. The molecule has 2 aromatic rings. The monoisotopic (exact) mass is 1310 g/mol. The molecule has 0 bridgehead atoms. The van der Waals surface area contributed by atoms with Crippen LogP contribution in [-0.2, 0) is 84.8 Å². The van der Waals surface area contributed by atoms with Crippen LogP contribution in [0.25, 0.3) is 0 Å². The molecular weight excluding hydrogens is 1230 g/mol. The number of hydrogen-bond donors (Lipinski definition) is 16. The summed E-state index contributed by atoms with van der Waals surface area (Å²) in [5.41, 5.74) is 6.13. The number of phenolic OH excluding ortho intramolecular Hbond substituents is 1. The molecule has 33 nitrogen and oxygen atoms in total. The van der Waals surface area contributed by atoms with Gasteiger partial charge in [0.2, 0.25) is 70.8 Å². The van der Waals surface area contributed by atoms with Gasteiger partial charge in [-0.1, -0.05) is 53.2 Å². The second-order valence-electron chi connectivity index (χ2n) is 22.5. The molecule has 3 rings (SSSR count). The molecule has 1 aliphatic heterocycles. The number of ketones is 1. The van der Waals surface area contributed by atoms with Crippen molar-refractivity contribution in [2.24, 2.45) is 17.6 Å². The number of carbonyl (C=O) groups excluding carboxylic acids is 13. The Bertz CT molecular complexity index is 2930.